The van der Waals surface area contributed by atoms with Gasteiger partial charge in [-0.15, -0.1) is 0 Å². The lowest BCUT2D eigenvalue weighted by atomic mass is 9.93. The van der Waals surface area contributed by atoms with E-state index in [-0.39, 0.29) is 23.7 Å². The molecule has 4 heteroatoms. The van der Waals surface area contributed by atoms with Crippen molar-refractivity contribution in [2.45, 2.75) is 32.0 Å². The molecule has 1 heterocycles. The number of nitrogens with one attached hydrogen (secondary N) is 1. The van der Waals surface area contributed by atoms with Gasteiger partial charge in [-0.25, -0.2) is 8.78 Å². The second kappa shape index (κ2) is 6.77. The number of hydrogen-bond donors (Lipinski definition) is 1. The zero-order chi connectivity index (χ0) is 16.4. The van der Waals surface area contributed by atoms with Gasteiger partial charge in [0.05, 0.1) is 6.04 Å². The molecule has 2 aromatic carbocycles. The van der Waals surface area contributed by atoms with Gasteiger partial charge < -0.3 is 5.32 Å². The Labute approximate surface area is 136 Å². The maximum atomic E-state index is 14.5. The smallest absolute Gasteiger partial charge is 0.128 e. The van der Waals surface area contributed by atoms with Crippen LogP contribution in [-0.4, -0.2) is 30.1 Å². The third-order valence-electron chi connectivity index (χ3n) is 4.54. The van der Waals surface area contributed by atoms with E-state index in [0.717, 1.165) is 13.1 Å². The van der Waals surface area contributed by atoms with Crippen LogP contribution < -0.4 is 5.32 Å². The zero-order valence-electron chi connectivity index (χ0n) is 13.5. The van der Waals surface area contributed by atoms with Gasteiger partial charge in [0, 0.05) is 36.3 Å². The lowest BCUT2D eigenvalue weighted by molar-refractivity contribution is 0.109. The van der Waals surface area contributed by atoms with E-state index in [1.54, 1.807) is 24.3 Å². The summed E-state index contributed by atoms with van der Waals surface area (Å²) >= 11 is 0. The first-order valence-corrected chi connectivity index (χ1v) is 8.06. The third-order valence-corrected chi connectivity index (χ3v) is 4.54. The Morgan fingerprint density at radius 3 is 2.00 bits per heavy atom. The van der Waals surface area contributed by atoms with Gasteiger partial charge in [0.1, 0.15) is 11.6 Å². The van der Waals surface area contributed by atoms with Crippen LogP contribution in [0, 0.1) is 11.6 Å². The van der Waals surface area contributed by atoms with Crippen molar-refractivity contribution in [3.8, 4) is 0 Å². The topological polar surface area (TPSA) is 15.3 Å². The average molecular weight is 316 g/mol. The second-order valence-corrected chi connectivity index (χ2v) is 6.30. The van der Waals surface area contributed by atoms with Gasteiger partial charge in [-0.05, 0) is 26.0 Å². The molecule has 23 heavy (non-hydrogen) atoms. The highest BCUT2D eigenvalue weighted by molar-refractivity contribution is 5.34. The largest absolute Gasteiger partial charge is 0.311 e. The summed E-state index contributed by atoms with van der Waals surface area (Å²) in [5.74, 6) is -0.585. The molecule has 0 saturated carbocycles. The van der Waals surface area contributed by atoms with Gasteiger partial charge in [0.2, 0.25) is 0 Å². The number of benzene rings is 2. The quantitative estimate of drug-likeness (QED) is 0.928. The maximum Gasteiger partial charge on any atom is 0.128 e. The van der Waals surface area contributed by atoms with E-state index in [9.17, 15) is 8.78 Å². The minimum absolute atomic E-state index is 0.190. The van der Waals surface area contributed by atoms with Crippen molar-refractivity contribution in [1.82, 2.24) is 10.2 Å². The van der Waals surface area contributed by atoms with Crippen molar-refractivity contribution in [1.29, 1.82) is 0 Å². The fourth-order valence-corrected chi connectivity index (χ4v) is 3.33. The molecule has 2 unspecified atom stereocenters. The van der Waals surface area contributed by atoms with Crippen LogP contribution in [0.4, 0.5) is 8.78 Å². The summed E-state index contributed by atoms with van der Waals surface area (Å²) < 4.78 is 28.9. The van der Waals surface area contributed by atoms with E-state index in [2.05, 4.69) is 24.1 Å². The highest BCUT2D eigenvalue weighted by Crippen LogP contribution is 2.34. The van der Waals surface area contributed by atoms with E-state index < -0.39 is 6.04 Å². The fourth-order valence-electron chi connectivity index (χ4n) is 3.33. The summed E-state index contributed by atoms with van der Waals surface area (Å²) in [5.41, 5.74) is 1.05. The third kappa shape index (κ3) is 3.28. The molecule has 0 spiro atoms. The lowest BCUT2D eigenvalue weighted by Gasteiger charge is -2.43. The first-order chi connectivity index (χ1) is 11.1. The Kier molecular flexibility index (Phi) is 4.74. The van der Waals surface area contributed by atoms with E-state index >= 15 is 0 Å². The molecule has 3 rings (SSSR count). The summed E-state index contributed by atoms with van der Waals surface area (Å²) in [6, 6.07) is 13.4. The number of piperazine rings is 1. The van der Waals surface area contributed by atoms with Crippen LogP contribution in [0.15, 0.2) is 48.5 Å². The zero-order valence-corrected chi connectivity index (χ0v) is 13.5. The number of halogens is 2. The molecule has 1 fully saturated rings. The van der Waals surface area contributed by atoms with Crippen molar-refractivity contribution >= 4 is 0 Å². The predicted molar refractivity (Wildman–Crippen MR) is 88.3 cm³/mol. The van der Waals surface area contributed by atoms with Gasteiger partial charge in [-0.1, -0.05) is 36.4 Å². The van der Waals surface area contributed by atoms with Crippen LogP contribution >= 0.6 is 0 Å². The molecule has 2 aromatic rings. The van der Waals surface area contributed by atoms with E-state index in [1.165, 1.54) is 12.1 Å². The van der Waals surface area contributed by atoms with E-state index in [1.807, 2.05) is 12.1 Å². The van der Waals surface area contributed by atoms with Crippen molar-refractivity contribution < 1.29 is 8.78 Å². The van der Waals surface area contributed by atoms with Crippen LogP contribution in [0.25, 0.3) is 0 Å². The number of nitrogens with zero attached hydrogens (tertiary/aromatic N) is 1. The lowest BCUT2D eigenvalue weighted by Crippen LogP contribution is -2.55. The molecule has 122 valence electrons. The molecular weight excluding hydrogens is 294 g/mol. The van der Waals surface area contributed by atoms with Crippen molar-refractivity contribution in [3.63, 3.8) is 0 Å². The highest BCUT2D eigenvalue weighted by atomic mass is 19.1. The van der Waals surface area contributed by atoms with Crippen LogP contribution in [0.5, 0.6) is 0 Å². The Hall–Kier alpha value is -1.78. The molecule has 0 aliphatic carbocycles. The molecule has 0 radical (unpaired) electrons. The van der Waals surface area contributed by atoms with Crippen LogP contribution in [0.3, 0.4) is 0 Å². The van der Waals surface area contributed by atoms with Crippen LogP contribution in [0.1, 0.15) is 31.0 Å². The van der Waals surface area contributed by atoms with Crippen molar-refractivity contribution in [2.24, 2.45) is 0 Å². The first kappa shape index (κ1) is 16.1. The summed E-state index contributed by atoms with van der Waals surface area (Å²) in [4.78, 5) is 2.19. The molecule has 0 amide bonds. The summed E-state index contributed by atoms with van der Waals surface area (Å²) in [7, 11) is 0. The Morgan fingerprint density at radius 1 is 0.957 bits per heavy atom. The second-order valence-electron chi connectivity index (χ2n) is 6.30. The monoisotopic (exact) mass is 316 g/mol. The molecule has 1 saturated heterocycles. The molecule has 2 atom stereocenters. The molecule has 0 aromatic heterocycles. The number of hydrogen-bond acceptors (Lipinski definition) is 2. The van der Waals surface area contributed by atoms with Crippen LogP contribution in [-0.2, 0) is 0 Å². The summed E-state index contributed by atoms with van der Waals surface area (Å²) in [5, 5.41) is 3.42. The Morgan fingerprint density at radius 2 is 1.48 bits per heavy atom. The molecular formula is C19H22F2N2. The standard InChI is InChI=1S/C19H22F2N2/c1-13-12-23(14(2)11-22-13)19(15-7-3-5-9-17(15)20)16-8-4-6-10-18(16)21/h3-10,13-14,19,22H,11-12H2,1-2H3. The number of rotatable bonds is 3. The first-order valence-electron chi connectivity index (χ1n) is 8.06. The maximum absolute atomic E-state index is 14.5. The SMILES string of the molecule is CC1CN(C(c2ccccc2F)c2ccccc2F)C(C)CN1. The Bertz CT molecular complexity index is 628. The summed E-state index contributed by atoms with van der Waals surface area (Å²) in [6.45, 7) is 5.74. The van der Waals surface area contributed by atoms with Crippen molar-refractivity contribution in [2.75, 3.05) is 13.1 Å². The predicted octanol–water partition coefficient (Wildman–Crippen LogP) is 3.74. The van der Waals surface area contributed by atoms with E-state index in [0.29, 0.717) is 11.1 Å². The van der Waals surface area contributed by atoms with Gasteiger partial charge in [0.25, 0.3) is 0 Å². The molecule has 1 aliphatic rings. The van der Waals surface area contributed by atoms with Gasteiger partial charge in [-0.2, -0.15) is 0 Å². The minimum atomic E-state index is -0.419. The highest BCUT2D eigenvalue weighted by Gasteiger charge is 2.33. The molecule has 0 bridgehead atoms. The summed E-state index contributed by atoms with van der Waals surface area (Å²) in [6.07, 6.45) is 0. The fraction of sp³-hybridized carbons (Fsp3) is 0.368. The van der Waals surface area contributed by atoms with Crippen LogP contribution in [0.2, 0.25) is 0 Å². The average Bonchev–Trinajstić information content (AvgIpc) is 2.54. The molecule has 2 nitrogen and oxygen atoms in total. The Balaban J connectivity index is 2.11. The minimum Gasteiger partial charge on any atom is -0.311 e. The van der Waals surface area contributed by atoms with Crippen molar-refractivity contribution in [3.05, 3.63) is 71.3 Å². The van der Waals surface area contributed by atoms with Gasteiger partial charge in [-0.3, -0.25) is 4.90 Å². The van der Waals surface area contributed by atoms with Gasteiger partial charge in [0.15, 0.2) is 0 Å². The van der Waals surface area contributed by atoms with Gasteiger partial charge >= 0.3 is 0 Å². The normalized spacial score (nSPS) is 22.5. The van der Waals surface area contributed by atoms with E-state index in [4.69, 9.17) is 0 Å². The molecule has 1 N–H and O–H groups in total. The molecule has 1 aliphatic heterocycles.